The summed E-state index contributed by atoms with van der Waals surface area (Å²) >= 11 is 8.70. The van der Waals surface area contributed by atoms with Crippen molar-refractivity contribution in [1.82, 2.24) is 15.1 Å². The van der Waals surface area contributed by atoms with Crippen LogP contribution in [0.1, 0.15) is 11.1 Å². The van der Waals surface area contributed by atoms with Crippen LogP contribution in [0.15, 0.2) is 65.4 Å². The van der Waals surface area contributed by atoms with Gasteiger partial charge >= 0.3 is 0 Å². The van der Waals surface area contributed by atoms with Crippen LogP contribution < -0.4 is 10.6 Å². The van der Waals surface area contributed by atoms with E-state index in [1.807, 2.05) is 35.1 Å². The highest BCUT2D eigenvalue weighted by Crippen LogP contribution is 2.12. The van der Waals surface area contributed by atoms with Crippen LogP contribution in [0.5, 0.6) is 0 Å². The molecule has 0 saturated carbocycles. The number of benzene rings is 2. The summed E-state index contributed by atoms with van der Waals surface area (Å²) in [6, 6.07) is 14.4. The SMILES string of the molecule is Fc1ccc(CNC(=S)Nc2cnn(Cc3ccc(Br)cc3)c2)cc1. The van der Waals surface area contributed by atoms with Crippen LogP contribution >= 0.6 is 28.1 Å². The van der Waals surface area contributed by atoms with Gasteiger partial charge in [-0.2, -0.15) is 5.10 Å². The molecule has 2 aromatic carbocycles. The lowest BCUT2D eigenvalue weighted by Crippen LogP contribution is -2.27. The third-order valence-corrected chi connectivity index (χ3v) is 4.29. The lowest BCUT2D eigenvalue weighted by Gasteiger charge is -2.09. The zero-order valence-corrected chi connectivity index (χ0v) is 15.6. The summed E-state index contributed by atoms with van der Waals surface area (Å²) < 4.78 is 15.8. The predicted molar refractivity (Wildman–Crippen MR) is 105 cm³/mol. The van der Waals surface area contributed by atoms with Gasteiger partial charge in [-0.05, 0) is 47.6 Å². The Bertz CT molecular complexity index is 846. The average molecular weight is 419 g/mol. The Morgan fingerprint density at radius 1 is 1.08 bits per heavy atom. The number of aromatic nitrogens is 2. The monoisotopic (exact) mass is 418 g/mol. The highest BCUT2D eigenvalue weighted by Gasteiger charge is 2.03. The fourth-order valence-corrected chi connectivity index (χ4v) is 2.71. The number of hydrogen-bond acceptors (Lipinski definition) is 2. The number of thiocarbonyl (C=S) groups is 1. The Morgan fingerprint density at radius 3 is 2.48 bits per heavy atom. The first-order valence-corrected chi connectivity index (χ1v) is 8.85. The Balaban J connectivity index is 1.51. The van der Waals surface area contributed by atoms with E-state index in [1.165, 1.54) is 12.1 Å². The molecule has 0 aliphatic heterocycles. The first-order chi connectivity index (χ1) is 12.1. The quantitative estimate of drug-likeness (QED) is 0.605. The van der Waals surface area contributed by atoms with Gasteiger partial charge in [0.25, 0.3) is 0 Å². The highest BCUT2D eigenvalue weighted by molar-refractivity contribution is 9.10. The van der Waals surface area contributed by atoms with Gasteiger partial charge in [0, 0.05) is 17.2 Å². The Kier molecular flexibility index (Phi) is 5.78. The molecule has 2 N–H and O–H groups in total. The van der Waals surface area contributed by atoms with Crippen LogP contribution in [0.4, 0.5) is 10.1 Å². The van der Waals surface area contributed by atoms with E-state index in [0.29, 0.717) is 18.2 Å². The first-order valence-electron chi connectivity index (χ1n) is 7.65. The van der Waals surface area contributed by atoms with E-state index < -0.39 is 0 Å². The van der Waals surface area contributed by atoms with Crippen LogP contribution in [-0.4, -0.2) is 14.9 Å². The molecule has 4 nitrogen and oxygen atoms in total. The topological polar surface area (TPSA) is 41.9 Å². The molecule has 1 heterocycles. The van der Waals surface area contributed by atoms with E-state index in [1.54, 1.807) is 18.3 Å². The first kappa shape index (κ1) is 17.6. The van der Waals surface area contributed by atoms with E-state index in [9.17, 15) is 4.39 Å². The summed E-state index contributed by atoms with van der Waals surface area (Å²) in [5.74, 6) is -0.248. The second kappa shape index (κ2) is 8.22. The maximum Gasteiger partial charge on any atom is 0.171 e. The van der Waals surface area contributed by atoms with Crippen molar-refractivity contribution in [3.8, 4) is 0 Å². The van der Waals surface area contributed by atoms with E-state index in [0.717, 1.165) is 21.3 Å². The van der Waals surface area contributed by atoms with Gasteiger partial charge in [0.1, 0.15) is 5.82 Å². The van der Waals surface area contributed by atoms with Crippen molar-refractivity contribution >= 4 is 38.9 Å². The van der Waals surface area contributed by atoms with Crippen LogP contribution in [-0.2, 0) is 13.1 Å². The molecule has 0 spiro atoms. The van der Waals surface area contributed by atoms with Gasteiger partial charge < -0.3 is 10.6 Å². The van der Waals surface area contributed by atoms with Gasteiger partial charge in [0.2, 0.25) is 0 Å². The van der Waals surface area contributed by atoms with Gasteiger partial charge in [0.05, 0.1) is 18.4 Å². The van der Waals surface area contributed by atoms with Gasteiger partial charge in [0.15, 0.2) is 5.11 Å². The Hall–Kier alpha value is -2.25. The van der Waals surface area contributed by atoms with Crippen LogP contribution in [0.2, 0.25) is 0 Å². The van der Waals surface area contributed by atoms with Gasteiger partial charge in [-0.1, -0.05) is 40.2 Å². The number of halogens is 2. The molecule has 0 unspecified atom stereocenters. The van der Waals surface area contributed by atoms with Gasteiger partial charge in [-0.25, -0.2) is 4.39 Å². The number of nitrogens with zero attached hydrogens (tertiary/aromatic N) is 2. The predicted octanol–water partition coefficient (Wildman–Crippen LogP) is 4.32. The van der Waals surface area contributed by atoms with Gasteiger partial charge in [-0.15, -0.1) is 0 Å². The molecule has 0 fully saturated rings. The van der Waals surface area contributed by atoms with Crippen molar-refractivity contribution in [3.63, 3.8) is 0 Å². The summed E-state index contributed by atoms with van der Waals surface area (Å²) in [5, 5.41) is 11.0. The molecule has 0 amide bonds. The Labute approximate surface area is 159 Å². The lowest BCUT2D eigenvalue weighted by molar-refractivity contribution is 0.627. The summed E-state index contributed by atoms with van der Waals surface area (Å²) in [5.41, 5.74) is 2.93. The van der Waals surface area contributed by atoms with E-state index >= 15 is 0 Å². The van der Waals surface area contributed by atoms with E-state index in [2.05, 4.69) is 31.7 Å². The highest BCUT2D eigenvalue weighted by atomic mass is 79.9. The summed E-state index contributed by atoms with van der Waals surface area (Å²) in [6.07, 6.45) is 3.62. The second-order valence-electron chi connectivity index (χ2n) is 5.49. The third kappa shape index (κ3) is 5.37. The standard InChI is InChI=1S/C18H16BrFN4S/c19-15-5-1-14(2-6-15)11-24-12-17(10-22-24)23-18(25)21-9-13-3-7-16(20)8-4-13/h1-8,10,12H,9,11H2,(H2,21,23,25). The number of anilines is 1. The third-order valence-electron chi connectivity index (χ3n) is 3.52. The molecule has 0 aliphatic carbocycles. The van der Waals surface area contributed by atoms with E-state index in [-0.39, 0.29) is 5.82 Å². The molecule has 0 radical (unpaired) electrons. The summed E-state index contributed by atoms with van der Waals surface area (Å²) in [4.78, 5) is 0. The molecule has 7 heteroatoms. The molecular weight excluding hydrogens is 403 g/mol. The van der Waals surface area contributed by atoms with Crippen molar-refractivity contribution in [3.05, 3.63) is 82.3 Å². The van der Waals surface area contributed by atoms with Crippen molar-refractivity contribution in [2.24, 2.45) is 0 Å². The van der Waals surface area contributed by atoms with Crippen LogP contribution in [0.3, 0.4) is 0 Å². The minimum Gasteiger partial charge on any atom is -0.358 e. The van der Waals surface area contributed by atoms with Crippen molar-refractivity contribution in [1.29, 1.82) is 0 Å². The number of hydrogen-bond donors (Lipinski definition) is 2. The largest absolute Gasteiger partial charge is 0.358 e. The van der Waals surface area contributed by atoms with Crippen molar-refractivity contribution in [2.45, 2.75) is 13.1 Å². The Morgan fingerprint density at radius 2 is 1.76 bits per heavy atom. The molecule has 25 heavy (non-hydrogen) atoms. The number of rotatable bonds is 5. The number of nitrogens with one attached hydrogen (secondary N) is 2. The van der Waals surface area contributed by atoms with Crippen LogP contribution in [0, 0.1) is 5.82 Å². The molecule has 0 saturated heterocycles. The fraction of sp³-hybridized carbons (Fsp3) is 0.111. The zero-order chi connectivity index (χ0) is 17.6. The molecule has 0 bridgehead atoms. The molecular formula is C18H16BrFN4S. The zero-order valence-electron chi connectivity index (χ0n) is 13.2. The molecule has 128 valence electrons. The normalized spacial score (nSPS) is 10.5. The second-order valence-corrected chi connectivity index (χ2v) is 6.81. The molecule has 1 aromatic heterocycles. The van der Waals surface area contributed by atoms with Crippen LogP contribution in [0.25, 0.3) is 0 Å². The molecule has 3 rings (SSSR count). The lowest BCUT2D eigenvalue weighted by atomic mass is 10.2. The maximum atomic E-state index is 12.9. The van der Waals surface area contributed by atoms with Crippen molar-refractivity contribution in [2.75, 3.05) is 5.32 Å². The summed E-state index contributed by atoms with van der Waals surface area (Å²) in [7, 11) is 0. The van der Waals surface area contributed by atoms with Crippen molar-refractivity contribution < 1.29 is 4.39 Å². The van der Waals surface area contributed by atoms with E-state index in [4.69, 9.17) is 12.2 Å². The molecule has 0 atom stereocenters. The summed E-state index contributed by atoms with van der Waals surface area (Å²) in [6.45, 7) is 1.21. The smallest absolute Gasteiger partial charge is 0.171 e. The minimum absolute atomic E-state index is 0.248. The average Bonchev–Trinajstić information content (AvgIpc) is 3.03. The molecule has 0 aliphatic rings. The minimum atomic E-state index is -0.248. The molecule has 3 aromatic rings. The fourth-order valence-electron chi connectivity index (χ4n) is 2.25. The maximum absolute atomic E-state index is 12.9. The van der Waals surface area contributed by atoms with Gasteiger partial charge in [-0.3, -0.25) is 4.68 Å².